The zero-order valence-electron chi connectivity index (χ0n) is 18.3. The van der Waals surface area contributed by atoms with Crippen LogP contribution in [0.2, 0.25) is 0 Å². The van der Waals surface area contributed by atoms with Crippen LogP contribution in [0.1, 0.15) is 85.0 Å². The molecule has 0 aliphatic heterocycles. The Morgan fingerprint density at radius 1 is 0.966 bits per heavy atom. The van der Waals surface area contributed by atoms with Crippen molar-refractivity contribution < 1.29 is 24.9 Å². The average Bonchev–Trinajstić information content (AvgIpc) is 2.67. The predicted molar refractivity (Wildman–Crippen MR) is 118 cm³/mol. The molecule has 0 bridgehead atoms. The lowest BCUT2D eigenvalue weighted by Gasteiger charge is -2.19. The van der Waals surface area contributed by atoms with Crippen LogP contribution in [0.3, 0.4) is 0 Å². The molecule has 0 heterocycles. The number of unbranched alkanes of at least 4 members (excludes halogenated alkanes) is 4. The summed E-state index contributed by atoms with van der Waals surface area (Å²) >= 11 is 0. The zero-order chi connectivity index (χ0) is 22.1. The van der Waals surface area contributed by atoms with Gasteiger partial charge in [-0.05, 0) is 52.0 Å². The molecule has 0 rings (SSSR count). The summed E-state index contributed by atoms with van der Waals surface area (Å²) in [5.74, 6) is -0.959. The molecular formula is C24H40O5. The fraction of sp³-hybridized carbons (Fsp3) is 0.667. The molecule has 2 atom stereocenters. The molecule has 5 heteroatoms. The summed E-state index contributed by atoms with van der Waals surface area (Å²) in [6, 6.07) is 0. The van der Waals surface area contributed by atoms with Gasteiger partial charge >= 0.3 is 5.97 Å². The third-order valence-electron chi connectivity index (χ3n) is 4.90. The lowest BCUT2D eigenvalue weighted by molar-refractivity contribution is -0.147. The van der Waals surface area contributed by atoms with Crippen LogP contribution in [0.5, 0.6) is 0 Å². The first-order valence-corrected chi connectivity index (χ1v) is 10.8. The molecule has 29 heavy (non-hydrogen) atoms. The van der Waals surface area contributed by atoms with E-state index < -0.39 is 23.6 Å². The highest BCUT2D eigenvalue weighted by Crippen LogP contribution is 2.24. The van der Waals surface area contributed by atoms with E-state index in [-0.39, 0.29) is 12.2 Å². The highest BCUT2D eigenvalue weighted by Gasteiger charge is 2.26. The Bertz CT molecular complexity index is 545. The molecule has 0 aromatic carbocycles. The van der Waals surface area contributed by atoms with Gasteiger partial charge in [-0.25, -0.2) is 0 Å². The third kappa shape index (κ3) is 14.9. The molecule has 0 aliphatic rings. The maximum Gasteiger partial charge on any atom is 0.309 e. The van der Waals surface area contributed by atoms with Crippen molar-refractivity contribution in [3.05, 3.63) is 36.5 Å². The van der Waals surface area contributed by atoms with E-state index in [4.69, 9.17) is 5.11 Å². The van der Waals surface area contributed by atoms with Crippen molar-refractivity contribution in [2.45, 2.75) is 97.2 Å². The number of ketones is 1. The summed E-state index contributed by atoms with van der Waals surface area (Å²) in [7, 11) is 0. The second kappa shape index (κ2) is 16.1. The number of carbonyl (C=O) groups excluding carboxylic acids is 1. The van der Waals surface area contributed by atoms with E-state index in [0.29, 0.717) is 25.7 Å². The molecule has 0 amide bonds. The van der Waals surface area contributed by atoms with Crippen LogP contribution in [0.4, 0.5) is 0 Å². The van der Waals surface area contributed by atoms with Crippen LogP contribution in [-0.2, 0) is 9.59 Å². The van der Waals surface area contributed by atoms with Crippen LogP contribution < -0.4 is 0 Å². The van der Waals surface area contributed by atoms with E-state index in [1.54, 1.807) is 13.8 Å². The molecule has 0 aliphatic carbocycles. The Labute approximate surface area is 176 Å². The minimum atomic E-state index is -1.10. The number of hydrogen-bond acceptors (Lipinski definition) is 4. The van der Waals surface area contributed by atoms with Gasteiger partial charge in [0.25, 0.3) is 0 Å². The van der Waals surface area contributed by atoms with Gasteiger partial charge in [-0.1, -0.05) is 63.0 Å². The molecule has 0 spiro atoms. The summed E-state index contributed by atoms with van der Waals surface area (Å²) < 4.78 is 0. The van der Waals surface area contributed by atoms with Crippen LogP contribution in [0.15, 0.2) is 36.5 Å². The summed E-state index contributed by atoms with van der Waals surface area (Å²) in [4.78, 5) is 22.9. The molecule has 0 aromatic rings. The van der Waals surface area contributed by atoms with E-state index in [1.807, 2.05) is 12.2 Å². The van der Waals surface area contributed by atoms with Gasteiger partial charge < -0.3 is 15.3 Å². The molecule has 166 valence electrons. The first-order chi connectivity index (χ1) is 13.7. The fourth-order valence-electron chi connectivity index (χ4n) is 2.70. The first-order valence-electron chi connectivity index (χ1n) is 10.8. The number of aliphatic carboxylic acids is 1. The van der Waals surface area contributed by atoms with E-state index in [1.165, 1.54) is 31.4 Å². The molecular weight excluding hydrogens is 368 g/mol. The van der Waals surface area contributed by atoms with Crippen LogP contribution in [0.25, 0.3) is 0 Å². The molecule has 0 saturated carbocycles. The number of hydrogen-bond donors (Lipinski definition) is 3. The number of aliphatic hydroxyl groups excluding tert-OH is 2. The quantitative estimate of drug-likeness (QED) is 0.179. The smallest absolute Gasteiger partial charge is 0.309 e. The maximum absolute atomic E-state index is 11.8. The molecule has 0 aromatic heterocycles. The summed E-state index contributed by atoms with van der Waals surface area (Å²) in [6.07, 6.45) is 16.6. The van der Waals surface area contributed by atoms with Gasteiger partial charge in [0.2, 0.25) is 0 Å². The lowest BCUT2D eigenvalue weighted by Crippen LogP contribution is -2.25. The number of allylic oxidation sites excluding steroid dienone is 5. The fourth-order valence-corrected chi connectivity index (χ4v) is 2.70. The van der Waals surface area contributed by atoms with Gasteiger partial charge in [0, 0.05) is 6.42 Å². The van der Waals surface area contributed by atoms with E-state index in [0.717, 1.165) is 12.8 Å². The monoisotopic (exact) mass is 408 g/mol. The predicted octanol–water partition coefficient (Wildman–Crippen LogP) is 4.98. The molecule has 0 radical (unpaired) electrons. The number of aliphatic hydroxyl groups is 2. The largest absolute Gasteiger partial charge is 0.481 e. The molecule has 5 nitrogen and oxygen atoms in total. The summed E-state index contributed by atoms with van der Waals surface area (Å²) in [5.41, 5.74) is -0.783. The number of rotatable bonds is 17. The molecule has 2 unspecified atom stereocenters. The van der Waals surface area contributed by atoms with Gasteiger partial charge in [0.1, 0.15) is 0 Å². The van der Waals surface area contributed by atoms with E-state index in [9.17, 15) is 19.8 Å². The minimum Gasteiger partial charge on any atom is -0.481 e. The highest BCUT2D eigenvalue weighted by molar-refractivity contribution is 5.90. The molecule has 0 fully saturated rings. The maximum atomic E-state index is 11.8. The van der Waals surface area contributed by atoms with Crippen molar-refractivity contribution in [3.63, 3.8) is 0 Å². The Kier molecular flexibility index (Phi) is 15.2. The van der Waals surface area contributed by atoms with E-state index in [2.05, 4.69) is 19.1 Å². The number of carboxylic acid groups (broad SMARTS) is 1. The molecule has 3 N–H and O–H groups in total. The Morgan fingerprint density at radius 3 is 2.31 bits per heavy atom. The van der Waals surface area contributed by atoms with Crippen molar-refractivity contribution in [1.82, 2.24) is 0 Å². The second-order valence-electron chi connectivity index (χ2n) is 8.20. The minimum absolute atomic E-state index is 0.123. The van der Waals surface area contributed by atoms with Gasteiger partial charge in [-0.15, -0.1) is 0 Å². The Balaban J connectivity index is 4.00. The summed E-state index contributed by atoms with van der Waals surface area (Å²) in [6.45, 7) is 5.53. The van der Waals surface area contributed by atoms with Gasteiger partial charge in [0.05, 0.1) is 17.6 Å². The SMILES string of the molecule is CCCCC/C=C\C/C=C\CC(=O)/C=C/C(O)C(O)CCCCC(C)(C)C(=O)O. The van der Waals surface area contributed by atoms with Crippen LogP contribution >= 0.6 is 0 Å². The first kappa shape index (κ1) is 27.3. The molecule has 0 saturated heterocycles. The zero-order valence-corrected chi connectivity index (χ0v) is 18.3. The van der Waals surface area contributed by atoms with Crippen molar-refractivity contribution in [3.8, 4) is 0 Å². The van der Waals surface area contributed by atoms with Gasteiger partial charge in [-0.2, -0.15) is 0 Å². The topological polar surface area (TPSA) is 94.8 Å². The Hall–Kier alpha value is -1.72. The summed E-state index contributed by atoms with van der Waals surface area (Å²) in [5, 5.41) is 29.0. The third-order valence-corrected chi connectivity index (χ3v) is 4.90. The van der Waals surface area contributed by atoms with Crippen molar-refractivity contribution >= 4 is 11.8 Å². The standard InChI is InChI=1S/C24H40O5/c1-4-5-6-7-8-9-10-11-12-15-20(25)17-18-22(27)21(26)16-13-14-19-24(2,3)23(28)29/h8-9,11-12,17-18,21-22,26-27H,4-7,10,13-16,19H2,1-3H3,(H,28,29)/b9-8-,12-11-,18-17+. The van der Waals surface area contributed by atoms with E-state index >= 15 is 0 Å². The Morgan fingerprint density at radius 2 is 1.66 bits per heavy atom. The van der Waals surface area contributed by atoms with Crippen molar-refractivity contribution in [2.75, 3.05) is 0 Å². The van der Waals surface area contributed by atoms with Gasteiger partial charge in [-0.3, -0.25) is 9.59 Å². The normalized spacial score (nSPS) is 14.8. The number of carboxylic acids is 1. The highest BCUT2D eigenvalue weighted by atomic mass is 16.4. The van der Waals surface area contributed by atoms with Gasteiger partial charge in [0.15, 0.2) is 5.78 Å². The number of carbonyl (C=O) groups is 2. The van der Waals surface area contributed by atoms with Crippen LogP contribution in [0, 0.1) is 5.41 Å². The lowest BCUT2D eigenvalue weighted by atomic mass is 9.87. The second-order valence-corrected chi connectivity index (χ2v) is 8.20. The van der Waals surface area contributed by atoms with Crippen molar-refractivity contribution in [2.24, 2.45) is 5.41 Å². The van der Waals surface area contributed by atoms with Crippen LogP contribution in [-0.4, -0.2) is 39.3 Å². The van der Waals surface area contributed by atoms with Crippen molar-refractivity contribution in [1.29, 1.82) is 0 Å². The average molecular weight is 409 g/mol.